The van der Waals surface area contributed by atoms with E-state index in [0.717, 1.165) is 22.6 Å². The molecule has 0 saturated carbocycles. The zero-order valence-corrected chi connectivity index (χ0v) is 16.3. The summed E-state index contributed by atoms with van der Waals surface area (Å²) in [6.07, 6.45) is 4.91. The number of hydrogen-bond acceptors (Lipinski definition) is 4. The second kappa shape index (κ2) is 9.34. The van der Waals surface area contributed by atoms with E-state index in [9.17, 15) is 4.79 Å². The van der Waals surface area contributed by atoms with Crippen LogP contribution >= 0.6 is 0 Å². The average Bonchev–Trinajstić information content (AvgIpc) is 3.22. The van der Waals surface area contributed by atoms with Crippen molar-refractivity contribution in [3.05, 3.63) is 108 Å². The van der Waals surface area contributed by atoms with Gasteiger partial charge in [0.2, 0.25) is 5.91 Å². The standard InChI is InChI=1S/C24H21N5O/c30-24(16-15-23-18-29(28-27-23)17-19-7-3-1-4-8-19)26-22-13-11-21(12-14-22)25-20-9-5-2-6-10-20/h1-16,18,25H,17H2,(H,26,30). The average molecular weight is 395 g/mol. The molecule has 6 heteroatoms. The van der Waals surface area contributed by atoms with Gasteiger partial charge in [0.05, 0.1) is 12.7 Å². The lowest BCUT2D eigenvalue weighted by molar-refractivity contribution is -0.111. The maximum Gasteiger partial charge on any atom is 0.248 e. The third-order valence-corrected chi connectivity index (χ3v) is 4.36. The molecule has 1 heterocycles. The lowest BCUT2D eigenvalue weighted by Gasteiger charge is -2.07. The minimum atomic E-state index is -0.226. The van der Waals surface area contributed by atoms with E-state index in [2.05, 4.69) is 20.9 Å². The topological polar surface area (TPSA) is 71.8 Å². The van der Waals surface area contributed by atoms with Crippen molar-refractivity contribution in [3.8, 4) is 0 Å². The van der Waals surface area contributed by atoms with Crippen LogP contribution in [0.5, 0.6) is 0 Å². The van der Waals surface area contributed by atoms with E-state index in [1.165, 1.54) is 6.08 Å². The lowest BCUT2D eigenvalue weighted by atomic mass is 10.2. The van der Waals surface area contributed by atoms with Gasteiger partial charge in [0.15, 0.2) is 0 Å². The summed E-state index contributed by atoms with van der Waals surface area (Å²) in [5, 5.41) is 14.3. The Hall–Kier alpha value is -4.19. The van der Waals surface area contributed by atoms with Gasteiger partial charge in [-0.1, -0.05) is 53.7 Å². The van der Waals surface area contributed by atoms with Crippen LogP contribution in [-0.2, 0) is 11.3 Å². The summed E-state index contributed by atoms with van der Waals surface area (Å²) in [6.45, 7) is 0.636. The number of para-hydroxylation sites is 1. The number of benzene rings is 3. The molecule has 0 spiro atoms. The molecule has 4 rings (SSSR count). The molecule has 0 unspecified atom stereocenters. The Balaban J connectivity index is 1.30. The predicted molar refractivity (Wildman–Crippen MR) is 119 cm³/mol. The van der Waals surface area contributed by atoms with Crippen LogP contribution in [0.15, 0.2) is 97.2 Å². The first kappa shape index (κ1) is 19.1. The molecule has 3 aromatic carbocycles. The number of rotatable bonds is 7. The molecule has 0 aliphatic heterocycles. The molecular formula is C24H21N5O. The number of nitrogens with one attached hydrogen (secondary N) is 2. The molecule has 0 aliphatic carbocycles. The van der Waals surface area contributed by atoms with Crippen molar-refractivity contribution < 1.29 is 4.79 Å². The Morgan fingerprint density at radius 2 is 1.47 bits per heavy atom. The summed E-state index contributed by atoms with van der Waals surface area (Å²) in [5.41, 5.74) is 4.45. The van der Waals surface area contributed by atoms with Gasteiger partial charge in [0, 0.05) is 23.1 Å². The van der Waals surface area contributed by atoms with E-state index >= 15 is 0 Å². The van der Waals surface area contributed by atoms with Crippen LogP contribution in [0, 0.1) is 0 Å². The molecule has 1 amide bonds. The molecular weight excluding hydrogens is 374 g/mol. The fraction of sp³-hybridized carbons (Fsp3) is 0.0417. The summed E-state index contributed by atoms with van der Waals surface area (Å²) in [7, 11) is 0. The monoisotopic (exact) mass is 395 g/mol. The minimum absolute atomic E-state index is 0.226. The summed E-state index contributed by atoms with van der Waals surface area (Å²) in [5.74, 6) is -0.226. The Kier molecular flexibility index (Phi) is 5.96. The Morgan fingerprint density at radius 3 is 2.20 bits per heavy atom. The van der Waals surface area contributed by atoms with Crippen molar-refractivity contribution in [2.24, 2.45) is 0 Å². The summed E-state index contributed by atoms with van der Waals surface area (Å²) >= 11 is 0. The van der Waals surface area contributed by atoms with Gasteiger partial charge in [-0.2, -0.15) is 0 Å². The number of hydrogen-bond donors (Lipinski definition) is 2. The van der Waals surface area contributed by atoms with Gasteiger partial charge in [-0.3, -0.25) is 4.79 Å². The van der Waals surface area contributed by atoms with Crippen LogP contribution in [0.4, 0.5) is 17.1 Å². The lowest BCUT2D eigenvalue weighted by Crippen LogP contribution is -2.07. The molecule has 0 radical (unpaired) electrons. The van der Waals surface area contributed by atoms with E-state index < -0.39 is 0 Å². The largest absolute Gasteiger partial charge is 0.356 e. The third-order valence-electron chi connectivity index (χ3n) is 4.36. The predicted octanol–water partition coefficient (Wildman–Crippen LogP) is 4.72. The van der Waals surface area contributed by atoms with Crippen molar-refractivity contribution in [3.63, 3.8) is 0 Å². The highest BCUT2D eigenvalue weighted by molar-refractivity contribution is 6.01. The second-order valence-electron chi connectivity index (χ2n) is 6.72. The molecule has 0 fully saturated rings. The molecule has 4 aromatic rings. The van der Waals surface area contributed by atoms with Gasteiger partial charge < -0.3 is 10.6 Å². The molecule has 6 nitrogen and oxygen atoms in total. The molecule has 0 bridgehead atoms. The van der Waals surface area contributed by atoms with Gasteiger partial charge in [0.25, 0.3) is 0 Å². The first-order valence-corrected chi connectivity index (χ1v) is 9.60. The first-order valence-electron chi connectivity index (χ1n) is 9.60. The van der Waals surface area contributed by atoms with Crippen LogP contribution in [0.2, 0.25) is 0 Å². The molecule has 0 atom stereocenters. The fourth-order valence-corrected chi connectivity index (χ4v) is 2.91. The number of anilines is 3. The van der Waals surface area contributed by atoms with Crippen LogP contribution in [0.3, 0.4) is 0 Å². The Bertz CT molecular complexity index is 1120. The van der Waals surface area contributed by atoms with Crippen LogP contribution in [-0.4, -0.2) is 20.9 Å². The van der Waals surface area contributed by atoms with E-state index in [4.69, 9.17) is 0 Å². The van der Waals surface area contributed by atoms with E-state index in [1.807, 2.05) is 84.9 Å². The van der Waals surface area contributed by atoms with Crippen molar-refractivity contribution in [2.75, 3.05) is 10.6 Å². The Morgan fingerprint density at radius 1 is 0.833 bits per heavy atom. The van der Waals surface area contributed by atoms with Crippen molar-refractivity contribution in [1.29, 1.82) is 0 Å². The number of amides is 1. The highest BCUT2D eigenvalue weighted by Crippen LogP contribution is 2.18. The maximum atomic E-state index is 12.2. The molecule has 0 saturated heterocycles. The van der Waals surface area contributed by atoms with Crippen LogP contribution in [0.1, 0.15) is 11.3 Å². The van der Waals surface area contributed by atoms with E-state index in [0.29, 0.717) is 12.2 Å². The SMILES string of the molecule is O=C(C=Cc1cn(Cc2ccccc2)nn1)Nc1ccc(Nc2ccccc2)cc1. The summed E-state index contributed by atoms with van der Waals surface area (Å²) in [4.78, 5) is 12.2. The third kappa shape index (κ3) is 5.42. The Labute approximate surface area is 174 Å². The normalized spacial score (nSPS) is 10.8. The van der Waals surface area contributed by atoms with Gasteiger partial charge in [-0.25, -0.2) is 4.68 Å². The zero-order chi connectivity index (χ0) is 20.6. The van der Waals surface area contributed by atoms with E-state index in [1.54, 1.807) is 17.0 Å². The molecule has 2 N–H and O–H groups in total. The maximum absolute atomic E-state index is 12.2. The number of carbonyl (C=O) groups excluding carboxylic acids is 1. The van der Waals surface area contributed by atoms with Crippen molar-refractivity contribution >= 4 is 29.0 Å². The molecule has 1 aromatic heterocycles. The van der Waals surface area contributed by atoms with Gasteiger partial charge in [0.1, 0.15) is 5.69 Å². The van der Waals surface area contributed by atoms with E-state index in [-0.39, 0.29) is 5.91 Å². The highest BCUT2D eigenvalue weighted by atomic mass is 16.1. The molecule has 0 aliphatic rings. The van der Waals surface area contributed by atoms with Gasteiger partial charge >= 0.3 is 0 Å². The number of aromatic nitrogens is 3. The quantitative estimate of drug-likeness (QED) is 0.444. The van der Waals surface area contributed by atoms with Crippen LogP contribution in [0.25, 0.3) is 6.08 Å². The number of carbonyl (C=O) groups is 1. The van der Waals surface area contributed by atoms with Gasteiger partial charge in [-0.05, 0) is 48.0 Å². The van der Waals surface area contributed by atoms with Crippen molar-refractivity contribution in [1.82, 2.24) is 15.0 Å². The first-order chi connectivity index (χ1) is 14.7. The van der Waals surface area contributed by atoms with Crippen LogP contribution < -0.4 is 10.6 Å². The molecule has 30 heavy (non-hydrogen) atoms. The van der Waals surface area contributed by atoms with Gasteiger partial charge in [-0.15, -0.1) is 5.10 Å². The number of nitrogens with zero attached hydrogens (tertiary/aromatic N) is 3. The molecule has 148 valence electrons. The summed E-state index contributed by atoms with van der Waals surface area (Å²) in [6, 6.07) is 27.5. The highest BCUT2D eigenvalue weighted by Gasteiger charge is 2.02. The van der Waals surface area contributed by atoms with Crippen molar-refractivity contribution in [2.45, 2.75) is 6.54 Å². The minimum Gasteiger partial charge on any atom is -0.356 e. The zero-order valence-electron chi connectivity index (χ0n) is 16.3. The fourth-order valence-electron chi connectivity index (χ4n) is 2.91. The second-order valence-corrected chi connectivity index (χ2v) is 6.72. The smallest absolute Gasteiger partial charge is 0.248 e. The summed E-state index contributed by atoms with van der Waals surface area (Å²) < 4.78 is 1.74.